The van der Waals surface area contributed by atoms with E-state index in [-0.39, 0.29) is 18.0 Å². The van der Waals surface area contributed by atoms with Crippen LogP contribution in [0.25, 0.3) is 11.1 Å². The molecule has 7 heteroatoms. The van der Waals surface area contributed by atoms with Crippen LogP contribution in [0.5, 0.6) is 0 Å². The van der Waals surface area contributed by atoms with Gasteiger partial charge in [0.2, 0.25) is 0 Å². The van der Waals surface area contributed by atoms with E-state index in [1.807, 2.05) is 18.2 Å². The van der Waals surface area contributed by atoms with Gasteiger partial charge in [-0.15, -0.1) is 0 Å². The van der Waals surface area contributed by atoms with Gasteiger partial charge in [-0.3, -0.25) is 4.79 Å². The van der Waals surface area contributed by atoms with Gasteiger partial charge in [0, 0.05) is 24.7 Å². The van der Waals surface area contributed by atoms with Crippen LogP contribution in [0.3, 0.4) is 0 Å². The van der Waals surface area contributed by atoms with Gasteiger partial charge >= 0.3 is 0 Å². The second kappa shape index (κ2) is 8.43. The van der Waals surface area contributed by atoms with Crippen molar-refractivity contribution in [2.24, 2.45) is 5.92 Å². The van der Waals surface area contributed by atoms with Crippen molar-refractivity contribution in [3.05, 3.63) is 23.8 Å². The molecule has 0 radical (unpaired) electrons. The number of fused-ring (bicyclic) bond motifs is 3. The number of rotatable bonds is 4. The maximum Gasteiger partial charge on any atom is 0.298 e. The summed E-state index contributed by atoms with van der Waals surface area (Å²) in [5, 5.41) is 3.31. The molecular weight excluding hydrogens is 392 g/mol. The number of oxazole rings is 1. The second-order valence-electron chi connectivity index (χ2n) is 9.77. The molecule has 0 aliphatic carbocycles. The molecule has 3 aliphatic heterocycles. The fourth-order valence-corrected chi connectivity index (χ4v) is 5.65. The van der Waals surface area contributed by atoms with Gasteiger partial charge in [-0.05, 0) is 50.8 Å². The highest BCUT2D eigenvalue weighted by Gasteiger charge is 2.37. The van der Waals surface area contributed by atoms with Crippen LogP contribution in [0.4, 0.5) is 6.01 Å². The predicted molar refractivity (Wildman–Crippen MR) is 120 cm³/mol. The Morgan fingerprint density at radius 1 is 1.23 bits per heavy atom. The zero-order valence-electron chi connectivity index (χ0n) is 18.8. The summed E-state index contributed by atoms with van der Waals surface area (Å²) in [4.78, 5) is 22.7. The predicted octanol–water partition coefficient (Wildman–Crippen LogP) is 3.43. The lowest BCUT2D eigenvalue weighted by Crippen LogP contribution is -2.55. The van der Waals surface area contributed by atoms with Crippen molar-refractivity contribution < 1.29 is 13.9 Å². The molecular formula is C24H34N4O3. The van der Waals surface area contributed by atoms with Gasteiger partial charge in [-0.1, -0.05) is 26.3 Å². The topological polar surface area (TPSA) is 70.8 Å². The highest BCUT2D eigenvalue weighted by molar-refractivity contribution is 6.04. The first-order valence-corrected chi connectivity index (χ1v) is 11.8. The van der Waals surface area contributed by atoms with Crippen LogP contribution < -0.4 is 10.2 Å². The first-order chi connectivity index (χ1) is 15.0. The van der Waals surface area contributed by atoms with E-state index in [1.54, 1.807) is 0 Å². The first-order valence-electron chi connectivity index (χ1n) is 11.8. The summed E-state index contributed by atoms with van der Waals surface area (Å²) in [6, 6.07) is 7.85. The van der Waals surface area contributed by atoms with E-state index in [4.69, 9.17) is 14.1 Å². The average Bonchev–Trinajstić information content (AvgIpc) is 3.18. The van der Waals surface area contributed by atoms with Gasteiger partial charge in [0.1, 0.15) is 5.52 Å². The normalized spacial score (nSPS) is 29.5. The Morgan fingerprint density at radius 3 is 2.74 bits per heavy atom. The minimum absolute atomic E-state index is 0.0412. The Kier molecular flexibility index (Phi) is 5.65. The van der Waals surface area contributed by atoms with Crippen LogP contribution in [-0.4, -0.2) is 66.8 Å². The third-order valence-corrected chi connectivity index (χ3v) is 7.51. The molecule has 0 saturated carbocycles. The molecule has 3 saturated heterocycles. The third-order valence-electron chi connectivity index (χ3n) is 7.51. The minimum atomic E-state index is -0.0412. The monoisotopic (exact) mass is 426 g/mol. The number of benzene rings is 1. The van der Waals surface area contributed by atoms with E-state index in [0.29, 0.717) is 53.9 Å². The van der Waals surface area contributed by atoms with Crippen molar-refractivity contribution in [3.63, 3.8) is 0 Å². The van der Waals surface area contributed by atoms with Gasteiger partial charge < -0.3 is 24.3 Å². The Labute approximate surface area is 184 Å². The number of hydrogen-bond acceptors (Lipinski definition) is 6. The Hall–Kier alpha value is -2.12. The van der Waals surface area contributed by atoms with Crippen LogP contribution in [-0.2, 0) is 4.74 Å². The van der Waals surface area contributed by atoms with E-state index in [2.05, 4.69) is 36.0 Å². The second-order valence-corrected chi connectivity index (χ2v) is 9.77. The molecule has 3 fully saturated rings. The summed E-state index contributed by atoms with van der Waals surface area (Å²) in [5.74, 6) is 0.377. The van der Waals surface area contributed by atoms with Crippen molar-refractivity contribution in [3.8, 4) is 0 Å². The minimum Gasteiger partial charge on any atom is -0.423 e. The summed E-state index contributed by atoms with van der Waals surface area (Å²) in [6.45, 7) is 6.45. The SMILES string of the molecule is CC(C)[C@H]1COCCN1c1nc2c(C(=O)NC3C[C@H]4CCC[C@@H](C3)N4C)cccc2o1. The molecule has 4 heterocycles. The number of carbonyl (C=O) groups is 1. The number of anilines is 1. The maximum atomic E-state index is 13.2. The molecule has 4 atom stereocenters. The van der Waals surface area contributed by atoms with E-state index >= 15 is 0 Å². The molecule has 1 N–H and O–H groups in total. The summed E-state index contributed by atoms with van der Waals surface area (Å²) in [5.41, 5.74) is 1.92. The molecule has 7 nitrogen and oxygen atoms in total. The quantitative estimate of drug-likeness (QED) is 0.808. The van der Waals surface area contributed by atoms with Gasteiger partial charge in [-0.2, -0.15) is 4.98 Å². The molecule has 1 amide bonds. The van der Waals surface area contributed by atoms with Crippen LogP contribution >= 0.6 is 0 Å². The molecule has 5 rings (SSSR count). The smallest absolute Gasteiger partial charge is 0.298 e. The third kappa shape index (κ3) is 3.94. The van der Waals surface area contributed by atoms with Crippen molar-refractivity contribution >= 4 is 23.0 Å². The zero-order valence-corrected chi connectivity index (χ0v) is 18.8. The van der Waals surface area contributed by atoms with Crippen molar-refractivity contribution in [1.82, 2.24) is 15.2 Å². The van der Waals surface area contributed by atoms with Crippen molar-refractivity contribution in [1.29, 1.82) is 0 Å². The van der Waals surface area contributed by atoms with Crippen molar-refractivity contribution in [2.75, 3.05) is 31.7 Å². The maximum absolute atomic E-state index is 13.2. The standard InChI is InChI=1S/C24H34N4O3/c1-15(2)20-14-30-11-10-28(20)24-26-22-19(8-5-9-21(22)31-24)23(29)25-16-12-17-6-4-7-18(13-16)27(17)3/h5,8-9,15-18,20H,4,6-7,10-14H2,1-3H3,(H,25,29)/t16?,17-,18+,20-/m1/s1. The van der Waals surface area contributed by atoms with Gasteiger partial charge in [-0.25, -0.2) is 0 Å². The summed E-state index contributed by atoms with van der Waals surface area (Å²) in [7, 11) is 2.24. The molecule has 1 unspecified atom stereocenters. The number of piperidine rings is 2. The summed E-state index contributed by atoms with van der Waals surface area (Å²) < 4.78 is 11.8. The fourth-order valence-electron chi connectivity index (χ4n) is 5.65. The summed E-state index contributed by atoms with van der Waals surface area (Å²) in [6.07, 6.45) is 5.84. The van der Waals surface area contributed by atoms with Crippen LogP contribution in [0.2, 0.25) is 0 Å². The Balaban J connectivity index is 1.37. The number of nitrogens with zero attached hydrogens (tertiary/aromatic N) is 3. The lowest BCUT2D eigenvalue weighted by Gasteiger charge is -2.47. The van der Waals surface area contributed by atoms with Crippen LogP contribution in [0, 0.1) is 5.92 Å². The number of morpholine rings is 1. The molecule has 168 valence electrons. The van der Waals surface area contributed by atoms with Gasteiger partial charge in [0.25, 0.3) is 11.9 Å². The highest BCUT2D eigenvalue weighted by atomic mass is 16.5. The van der Waals surface area contributed by atoms with Gasteiger partial charge in [0.15, 0.2) is 5.58 Å². The Bertz CT molecular complexity index is 928. The molecule has 1 aromatic carbocycles. The van der Waals surface area contributed by atoms with Crippen LogP contribution in [0.15, 0.2) is 22.6 Å². The average molecular weight is 427 g/mol. The molecule has 3 aliphatic rings. The number of aromatic nitrogens is 1. The molecule has 1 aromatic heterocycles. The van der Waals surface area contributed by atoms with Gasteiger partial charge in [0.05, 0.1) is 24.8 Å². The number of amides is 1. The number of para-hydroxylation sites is 1. The van der Waals surface area contributed by atoms with E-state index in [1.165, 1.54) is 19.3 Å². The van der Waals surface area contributed by atoms with E-state index in [9.17, 15) is 4.79 Å². The first kappa shape index (κ1) is 20.8. The number of carbonyl (C=O) groups excluding carboxylic acids is 1. The molecule has 31 heavy (non-hydrogen) atoms. The number of ether oxygens (including phenoxy) is 1. The summed E-state index contributed by atoms with van der Waals surface area (Å²) >= 11 is 0. The zero-order chi connectivity index (χ0) is 21.5. The molecule has 0 spiro atoms. The number of nitrogens with one attached hydrogen (secondary N) is 1. The van der Waals surface area contributed by atoms with E-state index < -0.39 is 0 Å². The lowest BCUT2D eigenvalue weighted by molar-refractivity contribution is 0.0463. The largest absolute Gasteiger partial charge is 0.423 e. The van der Waals surface area contributed by atoms with Crippen molar-refractivity contribution in [2.45, 2.75) is 70.1 Å². The highest BCUT2D eigenvalue weighted by Crippen LogP contribution is 2.33. The van der Waals surface area contributed by atoms with E-state index in [0.717, 1.165) is 19.4 Å². The number of hydrogen-bond donors (Lipinski definition) is 1. The van der Waals surface area contributed by atoms with Crippen LogP contribution in [0.1, 0.15) is 56.3 Å². The lowest BCUT2D eigenvalue weighted by atomic mass is 9.82. The molecule has 2 aromatic rings. The fraction of sp³-hybridized carbons (Fsp3) is 0.667. The Morgan fingerprint density at radius 2 is 2.00 bits per heavy atom. The molecule has 2 bridgehead atoms.